The molecule has 3 aliphatic heterocycles. The minimum Gasteiger partial charge on any atom is -0.472 e. The standard InChI is InChI=1S/C32H43NO12/c1-8-29-27(5)18(12-19(34)39-7)26(4)15-30(27)31(38,23(26)37)24-32(29,45-28(6,43-29)44-30)17(11-20(35)42-24)25(2,3)22(41-21(36)13-33)16-9-10-40-14-16/h9-10,14,17-18,22-24,37-38H,8,11-13,15,33H2,1-7H3. The van der Waals surface area contributed by atoms with Crippen molar-refractivity contribution < 1.29 is 57.4 Å². The lowest BCUT2D eigenvalue weighted by molar-refractivity contribution is -0.475. The smallest absolute Gasteiger partial charge is 0.320 e. The van der Waals surface area contributed by atoms with Gasteiger partial charge in [0.2, 0.25) is 0 Å². The van der Waals surface area contributed by atoms with Crippen molar-refractivity contribution in [3.63, 3.8) is 0 Å². The maximum absolute atomic E-state index is 13.7. The van der Waals surface area contributed by atoms with E-state index in [2.05, 4.69) is 0 Å². The largest absolute Gasteiger partial charge is 0.472 e. The number of aliphatic hydroxyl groups excluding tert-OH is 1. The fourth-order valence-electron chi connectivity index (χ4n) is 11.7. The van der Waals surface area contributed by atoms with Gasteiger partial charge in [-0.1, -0.05) is 34.6 Å². The van der Waals surface area contributed by atoms with Gasteiger partial charge in [-0.3, -0.25) is 14.4 Å². The summed E-state index contributed by atoms with van der Waals surface area (Å²) in [5.41, 5.74) is -3.85. The van der Waals surface area contributed by atoms with E-state index in [0.717, 1.165) is 0 Å². The van der Waals surface area contributed by atoms with Crippen LogP contribution in [-0.2, 0) is 42.8 Å². The number of esters is 3. The van der Waals surface area contributed by atoms with Crippen LogP contribution in [0.4, 0.5) is 0 Å². The molecule has 13 heteroatoms. The predicted molar refractivity (Wildman–Crippen MR) is 150 cm³/mol. The van der Waals surface area contributed by atoms with Gasteiger partial charge < -0.3 is 48.8 Å². The SMILES string of the molecule is CCC12OC3(C)OC14C(C(C)(C)C(OC(=O)CN)c1ccoc1)CC(=O)OC4C1(O)C(O)C4(C)CC1(O3)C2(C)C4CC(=O)OC. The molecule has 13 nitrogen and oxygen atoms in total. The number of ether oxygens (including phenoxy) is 6. The molecule has 7 rings (SSSR count). The molecule has 45 heavy (non-hydrogen) atoms. The summed E-state index contributed by atoms with van der Waals surface area (Å²) in [5, 5.41) is 25.4. The van der Waals surface area contributed by atoms with E-state index in [4.69, 9.17) is 38.6 Å². The Morgan fingerprint density at radius 3 is 2.49 bits per heavy atom. The zero-order valence-corrected chi connectivity index (χ0v) is 26.7. The van der Waals surface area contributed by atoms with Crippen LogP contribution in [0.25, 0.3) is 0 Å². The van der Waals surface area contributed by atoms with Gasteiger partial charge in [-0.15, -0.1) is 0 Å². The molecule has 2 spiro atoms. The molecule has 0 amide bonds. The molecule has 6 fully saturated rings. The van der Waals surface area contributed by atoms with Gasteiger partial charge in [0.25, 0.3) is 5.97 Å². The Labute approximate surface area is 261 Å². The number of hydrogen-bond donors (Lipinski definition) is 3. The van der Waals surface area contributed by atoms with Crippen LogP contribution < -0.4 is 5.73 Å². The summed E-state index contributed by atoms with van der Waals surface area (Å²) in [7, 11) is 1.31. The Kier molecular flexibility index (Phi) is 6.12. The summed E-state index contributed by atoms with van der Waals surface area (Å²) >= 11 is 0. The third-order valence-corrected chi connectivity index (χ3v) is 13.1. The molecule has 4 bridgehead atoms. The van der Waals surface area contributed by atoms with Crippen molar-refractivity contribution in [2.24, 2.45) is 33.8 Å². The summed E-state index contributed by atoms with van der Waals surface area (Å²) in [5.74, 6) is -4.95. The minimum atomic E-state index is -2.16. The highest BCUT2D eigenvalue weighted by Gasteiger charge is 3.02. The zero-order chi connectivity index (χ0) is 32.8. The summed E-state index contributed by atoms with van der Waals surface area (Å²) in [6.07, 6.45) is -0.808. The maximum atomic E-state index is 13.7. The first-order valence-corrected chi connectivity index (χ1v) is 15.6. The molecule has 4 N–H and O–H groups in total. The predicted octanol–water partition coefficient (Wildman–Crippen LogP) is 1.87. The molecule has 12 atom stereocenters. The van der Waals surface area contributed by atoms with Gasteiger partial charge in [0, 0.05) is 41.1 Å². The third kappa shape index (κ3) is 3.05. The summed E-state index contributed by atoms with van der Waals surface area (Å²) in [4.78, 5) is 39.5. The lowest BCUT2D eigenvalue weighted by Crippen LogP contribution is -2.93. The van der Waals surface area contributed by atoms with Crippen molar-refractivity contribution in [1.82, 2.24) is 0 Å². The number of fused-ring (bicyclic) bond motifs is 3. The Bertz CT molecular complexity index is 1460. The fourth-order valence-corrected chi connectivity index (χ4v) is 11.7. The second-order valence-corrected chi connectivity index (χ2v) is 15.0. The Morgan fingerprint density at radius 1 is 1.18 bits per heavy atom. The van der Waals surface area contributed by atoms with E-state index in [0.29, 0.717) is 12.0 Å². The van der Waals surface area contributed by atoms with Gasteiger partial charge in [-0.2, -0.15) is 0 Å². The highest BCUT2D eigenvalue weighted by Crippen LogP contribution is 2.88. The third-order valence-electron chi connectivity index (χ3n) is 13.1. The monoisotopic (exact) mass is 633 g/mol. The number of aliphatic hydroxyl groups is 2. The van der Waals surface area contributed by atoms with Crippen molar-refractivity contribution in [2.45, 2.75) is 114 Å². The zero-order valence-electron chi connectivity index (χ0n) is 26.7. The molecule has 6 aliphatic rings. The molecule has 3 saturated heterocycles. The number of carbonyl (C=O) groups is 3. The van der Waals surface area contributed by atoms with E-state index >= 15 is 0 Å². The highest BCUT2D eigenvalue weighted by atomic mass is 16.9. The van der Waals surface area contributed by atoms with Crippen molar-refractivity contribution in [3.05, 3.63) is 24.2 Å². The molecule has 248 valence electrons. The molecule has 1 aromatic rings. The van der Waals surface area contributed by atoms with Crippen LogP contribution in [0.15, 0.2) is 23.0 Å². The second kappa shape index (κ2) is 8.87. The van der Waals surface area contributed by atoms with Crippen molar-refractivity contribution in [2.75, 3.05) is 13.7 Å². The Balaban J connectivity index is 1.52. The van der Waals surface area contributed by atoms with Crippen molar-refractivity contribution in [1.29, 1.82) is 0 Å². The number of rotatable bonds is 8. The summed E-state index contributed by atoms with van der Waals surface area (Å²) in [6.45, 7) is 10.6. The van der Waals surface area contributed by atoms with E-state index in [1.807, 2.05) is 34.6 Å². The lowest BCUT2D eigenvalue weighted by atomic mass is 9.36. The molecular weight excluding hydrogens is 590 g/mol. The van der Waals surface area contributed by atoms with E-state index in [1.165, 1.54) is 19.6 Å². The number of nitrogens with two attached hydrogens (primary N) is 1. The lowest BCUT2D eigenvalue weighted by Gasteiger charge is -2.75. The summed E-state index contributed by atoms with van der Waals surface area (Å²) in [6, 6.07) is 1.67. The van der Waals surface area contributed by atoms with Crippen LogP contribution in [-0.4, -0.2) is 82.4 Å². The summed E-state index contributed by atoms with van der Waals surface area (Å²) < 4.78 is 43.5. The van der Waals surface area contributed by atoms with Crippen LogP contribution >= 0.6 is 0 Å². The van der Waals surface area contributed by atoms with Crippen LogP contribution in [0.5, 0.6) is 0 Å². The molecule has 3 aliphatic carbocycles. The molecule has 0 aromatic carbocycles. The first kappa shape index (κ1) is 31.1. The van der Waals surface area contributed by atoms with Crippen LogP contribution in [0, 0.1) is 28.1 Å². The number of hydrogen-bond acceptors (Lipinski definition) is 13. The topological polar surface area (TPSA) is 186 Å². The van der Waals surface area contributed by atoms with Crippen LogP contribution in [0.2, 0.25) is 0 Å². The molecule has 0 radical (unpaired) electrons. The minimum absolute atomic E-state index is 0.0794. The maximum Gasteiger partial charge on any atom is 0.320 e. The van der Waals surface area contributed by atoms with Gasteiger partial charge in [0.1, 0.15) is 22.9 Å². The first-order valence-electron chi connectivity index (χ1n) is 15.6. The molecule has 4 heterocycles. The number of carbonyl (C=O) groups excluding carboxylic acids is 3. The van der Waals surface area contributed by atoms with E-state index in [1.54, 1.807) is 13.0 Å². The molecule has 3 saturated carbocycles. The van der Waals surface area contributed by atoms with Crippen LogP contribution in [0.3, 0.4) is 0 Å². The quantitative estimate of drug-likeness (QED) is 0.279. The van der Waals surface area contributed by atoms with Gasteiger partial charge in [-0.05, 0) is 24.8 Å². The average Bonchev–Trinajstić information content (AvgIpc) is 3.67. The van der Waals surface area contributed by atoms with Gasteiger partial charge in [0.05, 0.1) is 38.7 Å². The number of furan rings is 1. The van der Waals surface area contributed by atoms with E-state index < -0.39 is 92.7 Å². The van der Waals surface area contributed by atoms with Crippen molar-refractivity contribution >= 4 is 17.9 Å². The first-order chi connectivity index (χ1) is 20.9. The normalized spacial score (nSPS) is 49.4. The second-order valence-electron chi connectivity index (χ2n) is 15.0. The molecule has 12 unspecified atom stereocenters. The van der Waals surface area contributed by atoms with Gasteiger partial charge in [-0.25, -0.2) is 0 Å². The average molecular weight is 634 g/mol. The van der Waals surface area contributed by atoms with E-state index in [9.17, 15) is 24.6 Å². The Hall–Kier alpha value is -2.55. The van der Waals surface area contributed by atoms with Crippen molar-refractivity contribution in [3.8, 4) is 0 Å². The van der Waals surface area contributed by atoms with Gasteiger partial charge in [0.15, 0.2) is 11.7 Å². The number of methoxy groups -OCH3 is 1. The highest BCUT2D eigenvalue weighted by molar-refractivity contribution is 5.74. The molecule has 1 aromatic heterocycles. The molecular formula is C32H43NO12. The van der Waals surface area contributed by atoms with E-state index in [-0.39, 0.29) is 25.8 Å². The Morgan fingerprint density at radius 2 is 1.89 bits per heavy atom. The van der Waals surface area contributed by atoms with Gasteiger partial charge >= 0.3 is 17.9 Å². The van der Waals surface area contributed by atoms with Crippen LogP contribution in [0.1, 0.15) is 78.9 Å². The fraction of sp³-hybridized carbons (Fsp3) is 0.781.